The number of amides is 1. The van der Waals surface area contributed by atoms with Crippen molar-refractivity contribution >= 4 is 5.91 Å². The van der Waals surface area contributed by atoms with Crippen LogP contribution in [0.15, 0.2) is 24.3 Å². The number of benzene rings is 1. The van der Waals surface area contributed by atoms with Crippen LogP contribution in [0.5, 0.6) is 5.75 Å². The zero-order chi connectivity index (χ0) is 14.5. The molecule has 3 nitrogen and oxygen atoms in total. The van der Waals surface area contributed by atoms with Crippen molar-refractivity contribution in [1.82, 2.24) is 4.90 Å². The topological polar surface area (TPSA) is 29.5 Å². The van der Waals surface area contributed by atoms with Gasteiger partial charge in [-0.3, -0.25) is 4.79 Å². The van der Waals surface area contributed by atoms with Gasteiger partial charge in [-0.05, 0) is 39.3 Å². The second kappa shape index (κ2) is 6.60. The lowest BCUT2D eigenvalue weighted by atomic mass is 10.1. The number of rotatable bonds is 5. The van der Waals surface area contributed by atoms with Crippen LogP contribution in [-0.2, 0) is 0 Å². The quantitative estimate of drug-likeness (QED) is 0.810. The summed E-state index contributed by atoms with van der Waals surface area (Å²) in [5.41, 5.74) is 0.328. The molecule has 0 saturated carbocycles. The van der Waals surface area contributed by atoms with Gasteiger partial charge in [0.25, 0.3) is 5.91 Å². The third-order valence-electron chi connectivity index (χ3n) is 2.73. The van der Waals surface area contributed by atoms with E-state index in [1.165, 1.54) is 0 Å². The highest BCUT2D eigenvalue weighted by molar-refractivity contribution is 5.96. The van der Waals surface area contributed by atoms with Crippen LogP contribution in [0.4, 0.5) is 0 Å². The lowest BCUT2D eigenvalue weighted by Crippen LogP contribution is -2.30. The van der Waals surface area contributed by atoms with Crippen LogP contribution in [0.25, 0.3) is 0 Å². The molecule has 1 rings (SSSR count). The van der Waals surface area contributed by atoms with Crippen molar-refractivity contribution in [3.63, 3.8) is 0 Å². The number of carbonyl (C=O) groups excluding carboxylic acids is 1. The van der Waals surface area contributed by atoms with Gasteiger partial charge in [-0.2, -0.15) is 0 Å². The Bertz CT molecular complexity index is 421. The summed E-state index contributed by atoms with van der Waals surface area (Å²) < 4.78 is 5.86. The van der Waals surface area contributed by atoms with E-state index < -0.39 is 0 Å². The summed E-state index contributed by atoms with van der Waals surface area (Å²) in [6.45, 7) is 8.84. The van der Waals surface area contributed by atoms with Gasteiger partial charge in [0, 0.05) is 13.6 Å². The molecule has 0 aromatic heterocycles. The predicted molar refractivity (Wildman–Crippen MR) is 78.7 cm³/mol. The SMILES string of the molecule is CCCCN(C)C(=O)c1ccccc1OC(C)(C)C. The maximum atomic E-state index is 12.4. The van der Waals surface area contributed by atoms with Gasteiger partial charge < -0.3 is 9.64 Å². The van der Waals surface area contributed by atoms with E-state index in [0.717, 1.165) is 19.4 Å². The molecule has 0 spiro atoms. The normalized spacial score (nSPS) is 11.2. The smallest absolute Gasteiger partial charge is 0.257 e. The molecule has 1 aromatic carbocycles. The highest BCUT2D eigenvalue weighted by atomic mass is 16.5. The van der Waals surface area contributed by atoms with E-state index in [0.29, 0.717) is 11.3 Å². The monoisotopic (exact) mass is 263 g/mol. The molecule has 0 aliphatic rings. The second-order valence-corrected chi connectivity index (χ2v) is 5.79. The zero-order valence-electron chi connectivity index (χ0n) is 12.7. The Morgan fingerprint density at radius 2 is 1.89 bits per heavy atom. The molecule has 0 unspecified atom stereocenters. The Balaban J connectivity index is 2.90. The van der Waals surface area contributed by atoms with Crippen LogP contribution in [0.2, 0.25) is 0 Å². The fraction of sp³-hybridized carbons (Fsp3) is 0.562. The average molecular weight is 263 g/mol. The minimum absolute atomic E-state index is 0.0216. The first kappa shape index (κ1) is 15.5. The van der Waals surface area contributed by atoms with E-state index in [1.807, 2.05) is 52.1 Å². The number of ether oxygens (including phenoxy) is 1. The maximum Gasteiger partial charge on any atom is 0.257 e. The van der Waals surface area contributed by atoms with Crippen LogP contribution in [0.1, 0.15) is 50.9 Å². The Hall–Kier alpha value is -1.51. The van der Waals surface area contributed by atoms with Gasteiger partial charge in [-0.25, -0.2) is 0 Å². The Morgan fingerprint density at radius 3 is 2.47 bits per heavy atom. The summed E-state index contributed by atoms with van der Waals surface area (Å²) >= 11 is 0. The van der Waals surface area contributed by atoms with Crippen molar-refractivity contribution in [2.24, 2.45) is 0 Å². The summed E-state index contributed by atoms with van der Waals surface area (Å²) in [7, 11) is 1.84. The van der Waals surface area contributed by atoms with Crippen LogP contribution in [0.3, 0.4) is 0 Å². The molecule has 0 saturated heterocycles. The molecule has 0 radical (unpaired) electrons. The van der Waals surface area contributed by atoms with Crippen molar-refractivity contribution < 1.29 is 9.53 Å². The van der Waals surface area contributed by atoms with Crippen molar-refractivity contribution in [3.05, 3.63) is 29.8 Å². The van der Waals surface area contributed by atoms with Crippen molar-refractivity contribution in [2.75, 3.05) is 13.6 Å². The van der Waals surface area contributed by atoms with E-state index in [4.69, 9.17) is 4.74 Å². The Labute approximate surface area is 116 Å². The van der Waals surface area contributed by atoms with Crippen molar-refractivity contribution in [1.29, 1.82) is 0 Å². The zero-order valence-corrected chi connectivity index (χ0v) is 12.7. The minimum Gasteiger partial charge on any atom is -0.487 e. The van der Waals surface area contributed by atoms with E-state index >= 15 is 0 Å². The van der Waals surface area contributed by atoms with Crippen molar-refractivity contribution in [3.8, 4) is 5.75 Å². The van der Waals surface area contributed by atoms with E-state index in [-0.39, 0.29) is 11.5 Å². The van der Waals surface area contributed by atoms with Gasteiger partial charge in [0.1, 0.15) is 11.4 Å². The fourth-order valence-corrected chi connectivity index (χ4v) is 1.76. The second-order valence-electron chi connectivity index (χ2n) is 5.79. The average Bonchev–Trinajstić information content (AvgIpc) is 2.34. The lowest BCUT2D eigenvalue weighted by molar-refractivity contribution is 0.0776. The van der Waals surface area contributed by atoms with E-state index in [1.54, 1.807) is 4.90 Å². The summed E-state index contributed by atoms with van der Waals surface area (Å²) in [5, 5.41) is 0. The largest absolute Gasteiger partial charge is 0.487 e. The fourth-order valence-electron chi connectivity index (χ4n) is 1.76. The molecule has 0 N–H and O–H groups in total. The molecule has 0 heterocycles. The highest BCUT2D eigenvalue weighted by Crippen LogP contribution is 2.24. The number of hydrogen-bond donors (Lipinski definition) is 0. The molecule has 1 amide bonds. The minimum atomic E-state index is -0.307. The molecule has 1 aromatic rings. The van der Waals surface area contributed by atoms with Crippen LogP contribution >= 0.6 is 0 Å². The Kier molecular flexibility index (Phi) is 5.40. The van der Waals surface area contributed by atoms with E-state index in [9.17, 15) is 4.79 Å². The molecule has 0 bridgehead atoms. The number of unbranched alkanes of at least 4 members (excludes halogenated alkanes) is 1. The number of nitrogens with zero attached hydrogens (tertiary/aromatic N) is 1. The van der Waals surface area contributed by atoms with E-state index in [2.05, 4.69) is 6.92 Å². The highest BCUT2D eigenvalue weighted by Gasteiger charge is 2.20. The molecule has 19 heavy (non-hydrogen) atoms. The standard InChI is InChI=1S/C16H25NO2/c1-6-7-12-17(5)15(18)13-10-8-9-11-14(13)19-16(2,3)4/h8-11H,6-7,12H2,1-5H3. The first-order valence-electron chi connectivity index (χ1n) is 6.88. The summed E-state index contributed by atoms with van der Waals surface area (Å²) in [5.74, 6) is 0.677. The summed E-state index contributed by atoms with van der Waals surface area (Å²) in [6.07, 6.45) is 2.10. The molecular weight excluding hydrogens is 238 g/mol. The van der Waals surface area contributed by atoms with Crippen LogP contribution in [-0.4, -0.2) is 30.0 Å². The molecule has 0 fully saturated rings. The van der Waals surface area contributed by atoms with Crippen LogP contribution in [0, 0.1) is 0 Å². The van der Waals surface area contributed by atoms with Gasteiger partial charge in [-0.1, -0.05) is 25.5 Å². The number of carbonyl (C=O) groups is 1. The summed E-state index contributed by atoms with van der Waals surface area (Å²) in [4.78, 5) is 14.2. The third kappa shape index (κ3) is 4.93. The first-order chi connectivity index (χ1) is 8.85. The van der Waals surface area contributed by atoms with Gasteiger partial charge in [-0.15, -0.1) is 0 Å². The van der Waals surface area contributed by atoms with Crippen LogP contribution < -0.4 is 4.74 Å². The van der Waals surface area contributed by atoms with Crippen molar-refractivity contribution in [2.45, 2.75) is 46.1 Å². The molecule has 0 aliphatic heterocycles. The summed E-state index contributed by atoms with van der Waals surface area (Å²) in [6, 6.07) is 7.44. The molecular formula is C16H25NO2. The third-order valence-corrected chi connectivity index (χ3v) is 2.73. The van der Waals surface area contributed by atoms with Gasteiger partial charge >= 0.3 is 0 Å². The van der Waals surface area contributed by atoms with Gasteiger partial charge in [0.2, 0.25) is 0 Å². The molecule has 106 valence electrons. The molecule has 0 aliphatic carbocycles. The molecule has 0 atom stereocenters. The molecule has 3 heteroatoms. The maximum absolute atomic E-state index is 12.4. The number of para-hydroxylation sites is 1. The first-order valence-corrected chi connectivity index (χ1v) is 6.88. The van der Waals surface area contributed by atoms with Gasteiger partial charge in [0.15, 0.2) is 0 Å². The number of hydrogen-bond acceptors (Lipinski definition) is 2. The predicted octanol–water partition coefficient (Wildman–Crippen LogP) is 3.74. The Morgan fingerprint density at radius 1 is 1.26 bits per heavy atom. The lowest BCUT2D eigenvalue weighted by Gasteiger charge is -2.24. The van der Waals surface area contributed by atoms with Gasteiger partial charge in [0.05, 0.1) is 5.56 Å².